The number of nitrogens with zero attached hydrogens (tertiary/aromatic N) is 2. The molecule has 6 heteroatoms. The molecule has 0 spiro atoms. The van der Waals surface area contributed by atoms with Gasteiger partial charge in [0.05, 0.1) is 5.69 Å². The Bertz CT molecular complexity index is 625. The summed E-state index contributed by atoms with van der Waals surface area (Å²) in [5.41, 5.74) is 5.60. The first-order valence-corrected chi connectivity index (χ1v) is 5.15. The third-order valence-corrected chi connectivity index (χ3v) is 2.31. The maximum atomic E-state index is 9.69. The minimum Gasteiger partial charge on any atom is -0.504 e. The zero-order valence-electron chi connectivity index (χ0n) is 8.66. The number of rotatable bonds is 1. The lowest BCUT2D eigenvalue weighted by Crippen LogP contribution is -2.01. The number of fused-ring (bicyclic) bond motifs is 1. The molecule has 0 radical (unpaired) electrons. The van der Waals surface area contributed by atoms with Crippen LogP contribution in [-0.2, 0) is 0 Å². The molecule has 0 fully saturated rings. The van der Waals surface area contributed by atoms with Crippen LogP contribution in [0.5, 0.6) is 11.5 Å². The molecule has 0 heterocycles. The van der Waals surface area contributed by atoms with E-state index in [1.807, 2.05) is 0 Å². The van der Waals surface area contributed by atoms with Gasteiger partial charge in [-0.25, -0.2) is 0 Å². The molecular formula is C11H9N3O2S. The molecule has 0 atom stereocenters. The highest BCUT2D eigenvalue weighted by molar-refractivity contribution is 7.80. The van der Waals surface area contributed by atoms with E-state index < -0.39 is 0 Å². The van der Waals surface area contributed by atoms with E-state index in [-0.39, 0.29) is 16.6 Å². The standard InChI is InChI=1S/C11H9N3O2S/c12-11(17)14-13-8-5-9(15)10(16)7-4-2-1-3-6(7)8/h1-5,15-16H,(H2,12,17). The number of nitrogens with two attached hydrogens (primary N) is 1. The van der Waals surface area contributed by atoms with E-state index in [0.717, 1.165) is 0 Å². The number of azo groups is 1. The molecule has 0 aliphatic rings. The minimum absolute atomic E-state index is 0.0957. The molecule has 0 unspecified atom stereocenters. The van der Waals surface area contributed by atoms with E-state index in [4.69, 9.17) is 5.73 Å². The van der Waals surface area contributed by atoms with Gasteiger partial charge in [0.2, 0.25) is 5.11 Å². The molecule has 0 saturated carbocycles. The largest absolute Gasteiger partial charge is 0.504 e. The highest BCUT2D eigenvalue weighted by Gasteiger charge is 2.09. The molecule has 2 aromatic rings. The fourth-order valence-electron chi connectivity index (χ4n) is 1.51. The Kier molecular flexibility index (Phi) is 2.88. The van der Waals surface area contributed by atoms with E-state index in [2.05, 4.69) is 22.4 Å². The summed E-state index contributed by atoms with van der Waals surface area (Å²) in [6.07, 6.45) is 0. The van der Waals surface area contributed by atoms with Crippen molar-refractivity contribution in [1.82, 2.24) is 0 Å². The second-order valence-corrected chi connectivity index (χ2v) is 3.77. The molecule has 0 bridgehead atoms. The van der Waals surface area contributed by atoms with Gasteiger partial charge in [-0.1, -0.05) is 24.3 Å². The molecule has 86 valence electrons. The van der Waals surface area contributed by atoms with Crippen molar-refractivity contribution in [1.29, 1.82) is 0 Å². The van der Waals surface area contributed by atoms with Gasteiger partial charge in [-0.3, -0.25) is 0 Å². The summed E-state index contributed by atoms with van der Waals surface area (Å²) in [5.74, 6) is -0.449. The van der Waals surface area contributed by atoms with Crippen molar-refractivity contribution >= 4 is 33.8 Å². The summed E-state index contributed by atoms with van der Waals surface area (Å²) in [6.45, 7) is 0. The summed E-state index contributed by atoms with van der Waals surface area (Å²) in [6, 6.07) is 8.26. The van der Waals surface area contributed by atoms with Crippen LogP contribution in [0.1, 0.15) is 0 Å². The van der Waals surface area contributed by atoms with Crippen molar-refractivity contribution in [3.8, 4) is 11.5 Å². The Balaban J connectivity index is 2.71. The normalized spacial score (nSPS) is 11.1. The quantitative estimate of drug-likeness (QED) is 0.410. The number of thiocarbonyl (C=S) groups is 1. The summed E-state index contributed by atoms with van der Waals surface area (Å²) < 4.78 is 0. The van der Waals surface area contributed by atoms with Crippen molar-refractivity contribution in [2.24, 2.45) is 16.0 Å². The summed E-state index contributed by atoms with van der Waals surface area (Å²) in [4.78, 5) is 0. The van der Waals surface area contributed by atoms with E-state index in [1.165, 1.54) is 6.07 Å². The molecule has 0 aromatic heterocycles. The van der Waals surface area contributed by atoms with E-state index >= 15 is 0 Å². The maximum Gasteiger partial charge on any atom is 0.211 e. The first kappa shape index (κ1) is 11.3. The second kappa shape index (κ2) is 4.34. The molecule has 0 saturated heterocycles. The van der Waals surface area contributed by atoms with Gasteiger partial charge in [-0.05, 0) is 12.2 Å². The molecule has 17 heavy (non-hydrogen) atoms. The van der Waals surface area contributed by atoms with E-state index in [1.54, 1.807) is 24.3 Å². The predicted molar refractivity (Wildman–Crippen MR) is 68.6 cm³/mol. The average molecular weight is 247 g/mol. The van der Waals surface area contributed by atoms with Crippen molar-refractivity contribution in [3.05, 3.63) is 30.3 Å². The van der Waals surface area contributed by atoms with Crippen LogP contribution in [0.15, 0.2) is 40.6 Å². The van der Waals surface area contributed by atoms with Crippen molar-refractivity contribution in [2.45, 2.75) is 0 Å². The summed E-state index contributed by atoms with van der Waals surface area (Å²) in [7, 11) is 0. The van der Waals surface area contributed by atoms with Gasteiger partial charge in [0.1, 0.15) is 0 Å². The molecule has 2 aromatic carbocycles. The van der Waals surface area contributed by atoms with Crippen molar-refractivity contribution < 1.29 is 10.2 Å². The van der Waals surface area contributed by atoms with Gasteiger partial charge >= 0.3 is 0 Å². The first-order valence-electron chi connectivity index (χ1n) is 4.74. The lowest BCUT2D eigenvalue weighted by Gasteiger charge is -2.05. The maximum absolute atomic E-state index is 9.69. The number of hydrogen-bond donors (Lipinski definition) is 3. The molecular weight excluding hydrogens is 238 g/mol. The average Bonchev–Trinajstić information content (AvgIpc) is 2.32. The van der Waals surface area contributed by atoms with Crippen molar-refractivity contribution in [2.75, 3.05) is 0 Å². The topological polar surface area (TPSA) is 91.2 Å². The number of phenols is 2. The Morgan fingerprint density at radius 1 is 1.18 bits per heavy atom. The Morgan fingerprint density at radius 3 is 2.47 bits per heavy atom. The molecule has 0 aliphatic heterocycles. The number of benzene rings is 2. The van der Waals surface area contributed by atoms with Gasteiger partial charge in [0.15, 0.2) is 11.5 Å². The Hall–Kier alpha value is -2.21. The van der Waals surface area contributed by atoms with Gasteiger partial charge < -0.3 is 15.9 Å². The fourth-order valence-corrected chi connectivity index (χ4v) is 1.55. The summed E-state index contributed by atoms with van der Waals surface area (Å²) >= 11 is 4.58. The minimum atomic E-state index is -0.263. The number of aromatic hydroxyl groups is 2. The van der Waals surface area contributed by atoms with Gasteiger partial charge in [-0.15, -0.1) is 10.2 Å². The molecule has 4 N–H and O–H groups in total. The van der Waals surface area contributed by atoms with Crippen LogP contribution in [0.25, 0.3) is 10.8 Å². The van der Waals surface area contributed by atoms with Gasteiger partial charge in [0.25, 0.3) is 0 Å². The smallest absolute Gasteiger partial charge is 0.211 e. The lowest BCUT2D eigenvalue weighted by atomic mass is 10.1. The monoisotopic (exact) mass is 247 g/mol. The molecule has 0 aliphatic carbocycles. The number of phenolic OH excluding ortho intramolecular Hbond substituents is 2. The molecule has 2 rings (SSSR count). The SMILES string of the molecule is NC(=S)N=Nc1cc(O)c(O)c2ccccc12. The van der Waals surface area contributed by atoms with Crippen LogP contribution < -0.4 is 5.73 Å². The Labute approximate surface area is 102 Å². The van der Waals surface area contributed by atoms with Gasteiger partial charge in [-0.2, -0.15) is 0 Å². The first-order chi connectivity index (χ1) is 8.09. The summed E-state index contributed by atoms with van der Waals surface area (Å²) in [5, 5.41) is 27.7. The van der Waals surface area contributed by atoms with Crippen LogP contribution in [0.2, 0.25) is 0 Å². The Morgan fingerprint density at radius 2 is 1.82 bits per heavy atom. The van der Waals surface area contributed by atoms with Crippen molar-refractivity contribution in [3.63, 3.8) is 0 Å². The fraction of sp³-hybridized carbons (Fsp3) is 0. The molecule has 0 amide bonds. The second-order valence-electron chi connectivity index (χ2n) is 3.35. The zero-order chi connectivity index (χ0) is 12.4. The third kappa shape index (κ3) is 2.16. The highest BCUT2D eigenvalue weighted by atomic mass is 32.1. The molecule has 5 nitrogen and oxygen atoms in total. The van der Waals surface area contributed by atoms with Crippen LogP contribution in [0.3, 0.4) is 0 Å². The predicted octanol–water partition coefficient (Wildman–Crippen LogP) is 2.58. The van der Waals surface area contributed by atoms with Gasteiger partial charge in [0, 0.05) is 16.8 Å². The lowest BCUT2D eigenvalue weighted by molar-refractivity contribution is 0.408. The zero-order valence-corrected chi connectivity index (χ0v) is 9.48. The number of hydrogen-bond acceptors (Lipinski definition) is 4. The van der Waals surface area contributed by atoms with E-state index in [9.17, 15) is 10.2 Å². The third-order valence-electron chi connectivity index (χ3n) is 2.23. The van der Waals surface area contributed by atoms with Crippen LogP contribution in [0, 0.1) is 0 Å². The van der Waals surface area contributed by atoms with Crippen LogP contribution in [-0.4, -0.2) is 15.3 Å². The van der Waals surface area contributed by atoms with E-state index in [0.29, 0.717) is 16.5 Å². The highest BCUT2D eigenvalue weighted by Crippen LogP contribution is 2.39. The van der Waals surface area contributed by atoms with Crippen LogP contribution >= 0.6 is 12.2 Å². The van der Waals surface area contributed by atoms with Crippen LogP contribution in [0.4, 0.5) is 5.69 Å².